The van der Waals surface area contributed by atoms with Crippen LogP contribution in [-0.4, -0.2) is 55.6 Å². The van der Waals surface area contributed by atoms with Crippen LogP contribution in [0.15, 0.2) is 53.4 Å². The molecule has 2 amide bonds. The normalized spacial score (nSPS) is 18.2. The number of likely N-dealkylation sites (tertiary alicyclic amines) is 1. The molecule has 0 spiro atoms. The Kier molecular flexibility index (Phi) is 7.09. The minimum absolute atomic E-state index is 0.0230. The first-order valence-corrected chi connectivity index (χ1v) is 12.7. The molecule has 2 fully saturated rings. The van der Waals surface area contributed by atoms with Crippen LogP contribution in [0.1, 0.15) is 42.5 Å². The number of anilines is 1. The third-order valence-corrected chi connectivity index (χ3v) is 8.21. The third kappa shape index (κ3) is 5.42. The Morgan fingerprint density at radius 1 is 0.909 bits per heavy atom. The molecule has 2 aromatic rings. The molecule has 7 nitrogen and oxygen atoms in total. The second-order valence-corrected chi connectivity index (χ2v) is 10.5. The Balaban J connectivity index is 1.35. The molecule has 0 radical (unpaired) electrons. The highest BCUT2D eigenvalue weighted by Gasteiger charge is 2.32. The van der Waals surface area contributed by atoms with E-state index in [-0.39, 0.29) is 35.7 Å². The Bertz CT molecular complexity index is 1110. The summed E-state index contributed by atoms with van der Waals surface area (Å²) >= 11 is 0. The summed E-state index contributed by atoms with van der Waals surface area (Å²) in [5.41, 5.74) is 1.11. The van der Waals surface area contributed by atoms with E-state index in [0.717, 1.165) is 44.5 Å². The van der Waals surface area contributed by atoms with E-state index in [1.54, 1.807) is 24.3 Å². The Labute approximate surface area is 193 Å². The van der Waals surface area contributed by atoms with E-state index >= 15 is 0 Å². The van der Waals surface area contributed by atoms with Crippen molar-refractivity contribution >= 4 is 27.5 Å². The highest BCUT2D eigenvalue weighted by Crippen LogP contribution is 2.25. The van der Waals surface area contributed by atoms with Crippen molar-refractivity contribution in [3.63, 3.8) is 0 Å². The van der Waals surface area contributed by atoms with Gasteiger partial charge in [0.2, 0.25) is 15.9 Å². The number of nitrogens with one attached hydrogen (secondary N) is 1. The molecule has 0 saturated carbocycles. The zero-order valence-electron chi connectivity index (χ0n) is 18.4. The molecule has 0 atom stereocenters. The SMILES string of the molecule is O=C(Nc1cccc(C(=O)N2CCCCC2)c1)C1CCN(S(=O)(=O)c2ccc(F)cc2)CC1. The summed E-state index contributed by atoms with van der Waals surface area (Å²) in [4.78, 5) is 27.4. The summed E-state index contributed by atoms with van der Waals surface area (Å²) in [5.74, 6) is -1.03. The van der Waals surface area contributed by atoms with E-state index in [1.165, 1.54) is 16.4 Å². The van der Waals surface area contributed by atoms with Crippen molar-refractivity contribution in [2.75, 3.05) is 31.5 Å². The number of amides is 2. The maximum Gasteiger partial charge on any atom is 0.253 e. The smallest absolute Gasteiger partial charge is 0.253 e. The van der Waals surface area contributed by atoms with Gasteiger partial charge in [0.05, 0.1) is 4.90 Å². The maximum atomic E-state index is 13.1. The molecular formula is C24H28FN3O4S. The number of benzene rings is 2. The first-order chi connectivity index (χ1) is 15.8. The number of nitrogens with zero attached hydrogens (tertiary/aromatic N) is 2. The average molecular weight is 474 g/mol. The molecule has 0 aliphatic carbocycles. The number of rotatable bonds is 5. The van der Waals surface area contributed by atoms with Crippen LogP contribution in [0, 0.1) is 11.7 Å². The first kappa shape index (κ1) is 23.4. The number of halogens is 1. The summed E-state index contributed by atoms with van der Waals surface area (Å²) in [6.45, 7) is 1.94. The number of carbonyl (C=O) groups excluding carboxylic acids is 2. The lowest BCUT2D eigenvalue weighted by molar-refractivity contribution is -0.120. The van der Waals surface area contributed by atoms with Crippen molar-refractivity contribution in [1.82, 2.24) is 9.21 Å². The topological polar surface area (TPSA) is 86.8 Å². The predicted molar refractivity (Wildman–Crippen MR) is 123 cm³/mol. The zero-order valence-corrected chi connectivity index (χ0v) is 19.2. The van der Waals surface area contributed by atoms with Gasteiger partial charge in [0.15, 0.2) is 0 Å². The third-order valence-electron chi connectivity index (χ3n) is 6.30. The van der Waals surface area contributed by atoms with E-state index in [2.05, 4.69) is 5.32 Å². The molecule has 0 unspecified atom stereocenters. The number of hydrogen-bond donors (Lipinski definition) is 1. The second kappa shape index (κ2) is 10.0. The standard InChI is InChI=1S/C24H28FN3O4S/c25-20-7-9-22(10-8-20)33(31,32)28-15-11-18(12-16-28)23(29)26-21-6-4-5-19(17-21)24(30)27-13-2-1-3-14-27/h4-10,17-18H,1-3,11-16H2,(H,26,29). The minimum Gasteiger partial charge on any atom is -0.339 e. The van der Waals surface area contributed by atoms with Gasteiger partial charge in [0.25, 0.3) is 5.91 Å². The Morgan fingerprint density at radius 2 is 1.58 bits per heavy atom. The van der Waals surface area contributed by atoms with Crippen molar-refractivity contribution in [2.24, 2.45) is 5.92 Å². The summed E-state index contributed by atoms with van der Waals surface area (Å²) in [6, 6.07) is 11.7. The van der Waals surface area contributed by atoms with Crippen LogP contribution in [-0.2, 0) is 14.8 Å². The van der Waals surface area contributed by atoms with E-state index < -0.39 is 15.8 Å². The highest BCUT2D eigenvalue weighted by molar-refractivity contribution is 7.89. The first-order valence-electron chi connectivity index (χ1n) is 11.3. The summed E-state index contributed by atoms with van der Waals surface area (Å²) in [5, 5.41) is 2.88. The van der Waals surface area contributed by atoms with Gasteiger partial charge in [0.1, 0.15) is 5.82 Å². The van der Waals surface area contributed by atoms with E-state index in [4.69, 9.17) is 0 Å². The molecule has 2 aliphatic heterocycles. The molecule has 2 aromatic carbocycles. The monoisotopic (exact) mass is 473 g/mol. The predicted octanol–water partition coefficient (Wildman–Crippen LogP) is 3.49. The molecule has 1 N–H and O–H groups in total. The summed E-state index contributed by atoms with van der Waals surface area (Å²) < 4.78 is 40.0. The molecular weight excluding hydrogens is 445 g/mol. The molecule has 4 rings (SSSR count). The van der Waals surface area contributed by atoms with E-state index in [9.17, 15) is 22.4 Å². The van der Waals surface area contributed by atoms with E-state index in [0.29, 0.717) is 24.1 Å². The number of sulfonamides is 1. The fraction of sp³-hybridized carbons (Fsp3) is 0.417. The lowest BCUT2D eigenvalue weighted by Gasteiger charge is -2.30. The molecule has 2 aliphatic rings. The van der Waals surface area contributed by atoms with Crippen molar-refractivity contribution in [3.8, 4) is 0 Å². The van der Waals surface area contributed by atoms with Gasteiger partial charge in [-0.1, -0.05) is 6.07 Å². The zero-order chi connectivity index (χ0) is 23.4. The van der Waals surface area contributed by atoms with Crippen molar-refractivity contribution in [2.45, 2.75) is 37.0 Å². The minimum atomic E-state index is -3.72. The van der Waals surface area contributed by atoms with Gasteiger partial charge in [-0.15, -0.1) is 0 Å². The molecule has 0 bridgehead atoms. The molecule has 2 heterocycles. The van der Waals surface area contributed by atoms with Gasteiger partial charge in [-0.05, 0) is 74.6 Å². The van der Waals surface area contributed by atoms with Gasteiger partial charge < -0.3 is 10.2 Å². The van der Waals surface area contributed by atoms with Gasteiger partial charge in [-0.2, -0.15) is 4.31 Å². The highest BCUT2D eigenvalue weighted by atomic mass is 32.2. The molecule has 2 saturated heterocycles. The fourth-order valence-corrected chi connectivity index (χ4v) is 5.84. The van der Waals surface area contributed by atoms with Crippen LogP contribution in [0.25, 0.3) is 0 Å². The maximum absolute atomic E-state index is 13.1. The van der Waals surface area contributed by atoms with Gasteiger partial charge in [-0.25, -0.2) is 12.8 Å². The molecule has 176 valence electrons. The van der Waals surface area contributed by atoms with Crippen LogP contribution in [0.4, 0.5) is 10.1 Å². The number of piperidine rings is 2. The van der Waals surface area contributed by atoms with Crippen molar-refractivity contribution in [1.29, 1.82) is 0 Å². The van der Waals surface area contributed by atoms with Crippen LogP contribution >= 0.6 is 0 Å². The van der Waals surface area contributed by atoms with Crippen molar-refractivity contribution < 1.29 is 22.4 Å². The van der Waals surface area contributed by atoms with E-state index in [1.807, 2.05) is 4.90 Å². The second-order valence-electron chi connectivity index (χ2n) is 8.56. The molecule has 33 heavy (non-hydrogen) atoms. The van der Waals surface area contributed by atoms with Crippen LogP contribution < -0.4 is 5.32 Å². The number of carbonyl (C=O) groups is 2. The van der Waals surface area contributed by atoms with Gasteiger partial charge in [-0.3, -0.25) is 9.59 Å². The lowest BCUT2D eigenvalue weighted by atomic mass is 9.97. The largest absolute Gasteiger partial charge is 0.339 e. The van der Waals surface area contributed by atoms with Crippen molar-refractivity contribution in [3.05, 3.63) is 59.9 Å². The Hall–Kier alpha value is -2.78. The summed E-state index contributed by atoms with van der Waals surface area (Å²) in [7, 11) is -3.72. The average Bonchev–Trinajstić information content (AvgIpc) is 2.84. The lowest BCUT2D eigenvalue weighted by Crippen LogP contribution is -2.41. The summed E-state index contributed by atoms with van der Waals surface area (Å²) in [6.07, 6.45) is 3.94. The Morgan fingerprint density at radius 3 is 2.24 bits per heavy atom. The van der Waals surface area contributed by atoms with Crippen LogP contribution in [0.2, 0.25) is 0 Å². The van der Waals surface area contributed by atoms with Crippen LogP contribution in [0.3, 0.4) is 0 Å². The fourth-order valence-electron chi connectivity index (χ4n) is 4.37. The molecule has 9 heteroatoms. The quantitative estimate of drug-likeness (QED) is 0.720. The van der Waals surface area contributed by atoms with Crippen LogP contribution in [0.5, 0.6) is 0 Å². The van der Waals surface area contributed by atoms with Gasteiger partial charge >= 0.3 is 0 Å². The van der Waals surface area contributed by atoms with Gasteiger partial charge in [0, 0.05) is 43.3 Å². The number of hydrogen-bond acceptors (Lipinski definition) is 4. The molecule has 0 aromatic heterocycles.